The van der Waals surface area contributed by atoms with E-state index >= 15 is 0 Å². The van der Waals surface area contributed by atoms with Gasteiger partial charge in [-0.25, -0.2) is 0 Å². The summed E-state index contributed by atoms with van der Waals surface area (Å²) < 4.78 is 4.80. The van der Waals surface area contributed by atoms with E-state index < -0.39 is 58.6 Å². The smallest absolute Gasteiger partial charge is 0.311 e. The summed E-state index contributed by atoms with van der Waals surface area (Å²) >= 11 is 0. The molecular weight excluding hydrogens is 426 g/mol. The molecule has 0 aromatic heterocycles. The molecule has 0 amide bonds. The average molecular weight is 435 g/mol. The van der Waals surface area contributed by atoms with Gasteiger partial charge in [0.2, 0.25) is 5.56 Å². The van der Waals surface area contributed by atoms with E-state index in [4.69, 9.17) is 4.74 Å². The molecule has 0 fully saturated rings. The third-order valence-corrected chi connectivity index (χ3v) is 3.84. The lowest BCUT2D eigenvalue weighted by atomic mass is 10.0. The van der Waals surface area contributed by atoms with Crippen LogP contribution in [0.2, 0.25) is 0 Å². The highest BCUT2D eigenvalue weighted by atomic mass is 16.6. The Bertz CT molecular complexity index is 1140. The van der Waals surface area contributed by atoms with Crippen LogP contribution in [0.15, 0.2) is 30.3 Å². The zero-order chi connectivity index (χ0) is 23.5. The molecule has 2 rings (SSSR count). The molecule has 2 aromatic carbocycles. The highest BCUT2D eigenvalue weighted by molar-refractivity contribution is 5.86. The van der Waals surface area contributed by atoms with Crippen LogP contribution in [0.4, 0.5) is 22.7 Å². The molecule has 0 atom stereocenters. The van der Waals surface area contributed by atoms with Crippen molar-refractivity contribution in [2.24, 2.45) is 0 Å². The Balaban J connectivity index is 2.90. The number of nitro benzene ring substituents is 4. The van der Waals surface area contributed by atoms with Crippen molar-refractivity contribution in [2.45, 2.75) is 0 Å². The largest absolute Gasteiger partial charge is 0.490 e. The summed E-state index contributed by atoms with van der Waals surface area (Å²) in [6, 6.07) is 3.77. The van der Waals surface area contributed by atoms with Gasteiger partial charge >= 0.3 is 5.69 Å². The fourth-order valence-corrected chi connectivity index (χ4v) is 2.57. The molecule has 31 heavy (non-hydrogen) atoms. The van der Waals surface area contributed by atoms with E-state index in [9.17, 15) is 50.6 Å². The Morgan fingerprint density at radius 1 is 0.774 bits per heavy atom. The van der Waals surface area contributed by atoms with Crippen molar-refractivity contribution in [2.75, 3.05) is 7.11 Å². The molecule has 0 radical (unpaired) electrons. The summed E-state index contributed by atoms with van der Waals surface area (Å²) in [5, 5.41) is 56.5. The summed E-state index contributed by atoms with van der Waals surface area (Å²) in [5.74, 6) is -0.183. The molecule has 0 aliphatic heterocycles. The number of methoxy groups -OCH3 is 1. The second-order valence-electron chi connectivity index (χ2n) is 5.61. The van der Waals surface area contributed by atoms with Gasteiger partial charge in [-0.05, 0) is 11.6 Å². The Morgan fingerprint density at radius 3 is 1.68 bits per heavy atom. The van der Waals surface area contributed by atoms with Gasteiger partial charge in [-0.15, -0.1) is 0 Å². The van der Waals surface area contributed by atoms with Crippen LogP contribution >= 0.6 is 0 Å². The van der Waals surface area contributed by atoms with Gasteiger partial charge in [0.15, 0.2) is 5.75 Å². The molecule has 0 bridgehead atoms. The first kappa shape index (κ1) is 22.3. The number of benzene rings is 2. The maximum atomic E-state index is 11.6. The molecule has 0 saturated heterocycles. The zero-order valence-corrected chi connectivity index (χ0v) is 15.2. The lowest BCUT2D eigenvalue weighted by Gasteiger charge is -2.05. The van der Waals surface area contributed by atoms with Gasteiger partial charge in [-0.3, -0.25) is 50.6 Å². The molecular formula is C15H9N5O11. The molecule has 0 aliphatic carbocycles. The monoisotopic (exact) mass is 435 g/mol. The Labute approximate surface area is 169 Å². The highest BCUT2D eigenvalue weighted by Gasteiger charge is 2.38. The summed E-state index contributed by atoms with van der Waals surface area (Å²) in [5.41, 5.74) is -6.62. The van der Waals surface area contributed by atoms with Crippen LogP contribution in [0.25, 0.3) is 11.8 Å². The van der Waals surface area contributed by atoms with Crippen LogP contribution in [0.1, 0.15) is 11.1 Å². The maximum absolute atomic E-state index is 11.6. The van der Waals surface area contributed by atoms with Gasteiger partial charge in [-0.2, -0.15) is 0 Å². The van der Waals surface area contributed by atoms with E-state index in [1.165, 1.54) is 0 Å². The highest BCUT2D eigenvalue weighted by Crippen LogP contribution is 2.39. The minimum atomic E-state index is -1.26. The number of rotatable bonds is 8. The molecule has 0 unspecified atom stereocenters. The molecule has 0 saturated carbocycles. The van der Waals surface area contributed by atoms with E-state index in [-0.39, 0.29) is 11.3 Å². The second-order valence-corrected chi connectivity index (χ2v) is 5.61. The molecule has 2 aromatic rings. The number of nitro groups is 5. The fourth-order valence-electron chi connectivity index (χ4n) is 2.57. The number of hydrogen-bond acceptors (Lipinski definition) is 11. The third-order valence-electron chi connectivity index (χ3n) is 3.84. The second kappa shape index (κ2) is 8.55. The Morgan fingerprint density at radius 2 is 1.29 bits per heavy atom. The molecule has 0 aliphatic rings. The van der Waals surface area contributed by atoms with Crippen molar-refractivity contribution in [3.8, 4) is 5.75 Å². The summed E-state index contributed by atoms with van der Waals surface area (Å²) in [4.78, 5) is 50.8. The minimum absolute atomic E-state index is 0.183. The van der Waals surface area contributed by atoms with Crippen LogP contribution in [0, 0.1) is 50.6 Å². The van der Waals surface area contributed by atoms with Gasteiger partial charge < -0.3 is 4.74 Å². The Hall–Kier alpha value is -5.02. The zero-order valence-electron chi connectivity index (χ0n) is 15.2. The first-order valence-corrected chi connectivity index (χ1v) is 7.78. The molecule has 0 heterocycles. The first-order valence-electron chi connectivity index (χ1n) is 7.78. The molecule has 0 spiro atoms. The van der Waals surface area contributed by atoms with Crippen LogP contribution in [0.3, 0.4) is 0 Å². The Kier molecular flexibility index (Phi) is 6.15. The van der Waals surface area contributed by atoms with Crippen molar-refractivity contribution in [3.05, 3.63) is 92.0 Å². The summed E-state index contributed by atoms with van der Waals surface area (Å²) in [6.07, 6.45) is 0.633. The van der Waals surface area contributed by atoms with Gasteiger partial charge in [0.05, 0.1) is 43.9 Å². The quantitative estimate of drug-likeness (QED) is 0.332. The van der Waals surface area contributed by atoms with Crippen molar-refractivity contribution < 1.29 is 29.4 Å². The summed E-state index contributed by atoms with van der Waals surface area (Å²) in [6.45, 7) is 0. The lowest BCUT2D eigenvalue weighted by molar-refractivity contribution is -0.408. The van der Waals surface area contributed by atoms with Gasteiger partial charge in [-0.1, -0.05) is 6.07 Å². The van der Waals surface area contributed by atoms with Gasteiger partial charge in [0, 0.05) is 12.1 Å². The van der Waals surface area contributed by atoms with Crippen molar-refractivity contribution in [1.29, 1.82) is 0 Å². The topological polar surface area (TPSA) is 225 Å². The van der Waals surface area contributed by atoms with Crippen LogP contribution in [0.5, 0.6) is 5.75 Å². The van der Waals surface area contributed by atoms with Crippen molar-refractivity contribution >= 4 is 34.5 Å². The SMILES string of the molecule is COc1ccc(/C=C(\c2c([N+](=O)[O-])cc([N+](=O)[O-])cc2[N+](=O)[O-])[N+](=O)[O-])cc1[N+](=O)[O-]. The van der Waals surface area contributed by atoms with E-state index in [0.29, 0.717) is 18.2 Å². The number of nitrogens with zero attached hydrogens (tertiary/aromatic N) is 5. The predicted octanol–water partition coefficient (Wildman–Crippen LogP) is 3.10. The predicted molar refractivity (Wildman–Crippen MR) is 101 cm³/mol. The van der Waals surface area contributed by atoms with Crippen LogP contribution in [-0.2, 0) is 0 Å². The third kappa shape index (κ3) is 4.53. The van der Waals surface area contributed by atoms with Gasteiger partial charge in [0.1, 0.15) is 0 Å². The minimum Gasteiger partial charge on any atom is -0.490 e. The standard InChI is InChI=1S/C15H9N5O11/c1-31-14-3-2-8(4-10(14)17(23)24)5-11(18(25)26)15-12(19(27)28)6-9(16(21)22)7-13(15)20(29)30/h2-7H,1H3/b11-5+. The molecule has 0 N–H and O–H groups in total. The fraction of sp³-hybridized carbons (Fsp3) is 0.0667. The normalized spacial score (nSPS) is 10.9. The maximum Gasteiger partial charge on any atom is 0.311 e. The van der Waals surface area contributed by atoms with Crippen molar-refractivity contribution in [3.63, 3.8) is 0 Å². The number of ether oxygens (including phenoxy) is 1. The van der Waals surface area contributed by atoms with Crippen molar-refractivity contribution in [1.82, 2.24) is 0 Å². The van der Waals surface area contributed by atoms with E-state index in [1.807, 2.05) is 0 Å². The first-order chi connectivity index (χ1) is 14.5. The van der Waals surface area contributed by atoms with E-state index in [2.05, 4.69) is 0 Å². The van der Waals surface area contributed by atoms with Gasteiger partial charge in [0.25, 0.3) is 22.8 Å². The average Bonchev–Trinajstić information content (AvgIpc) is 2.70. The van der Waals surface area contributed by atoms with Crippen LogP contribution in [-0.4, -0.2) is 31.7 Å². The summed E-state index contributed by atoms with van der Waals surface area (Å²) in [7, 11) is 1.14. The molecule has 160 valence electrons. The van der Waals surface area contributed by atoms with E-state index in [1.54, 1.807) is 0 Å². The number of hydrogen-bond donors (Lipinski definition) is 0. The number of non-ortho nitro benzene ring substituents is 1. The lowest BCUT2D eigenvalue weighted by Crippen LogP contribution is -2.07. The molecule has 16 nitrogen and oxygen atoms in total. The van der Waals surface area contributed by atoms with E-state index in [0.717, 1.165) is 25.3 Å². The van der Waals surface area contributed by atoms with Crippen LogP contribution < -0.4 is 4.74 Å². The molecule has 16 heteroatoms.